The molecule has 0 N–H and O–H groups in total. The number of rotatable bonds is 6. The predicted molar refractivity (Wildman–Crippen MR) is 139 cm³/mol. The van der Waals surface area contributed by atoms with Gasteiger partial charge in [-0.05, 0) is 17.7 Å². The van der Waals surface area contributed by atoms with E-state index in [1.807, 2.05) is 102 Å². The van der Waals surface area contributed by atoms with Crippen molar-refractivity contribution in [3.63, 3.8) is 0 Å². The van der Waals surface area contributed by atoms with Gasteiger partial charge in [0.15, 0.2) is 21.3 Å². The SMILES string of the molecule is CN(C)C=Nc1c(C#N)sc(=NC(=Nc2ccccc2)c2ccccc2)n1Cc1ccccc1. The summed E-state index contributed by atoms with van der Waals surface area (Å²) in [5.74, 6) is 1.15. The third-order valence-electron chi connectivity index (χ3n) is 4.80. The van der Waals surface area contributed by atoms with E-state index in [2.05, 4.69) is 23.2 Å². The van der Waals surface area contributed by atoms with Gasteiger partial charge in [-0.1, -0.05) is 90.2 Å². The number of hydrogen-bond acceptors (Lipinski definition) is 4. The summed E-state index contributed by atoms with van der Waals surface area (Å²) in [5, 5.41) is 9.86. The van der Waals surface area contributed by atoms with Gasteiger partial charge >= 0.3 is 0 Å². The second-order valence-corrected chi connectivity index (χ2v) is 8.66. The molecule has 0 saturated carbocycles. The Morgan fingerprint density at radius 1 is 0.941 bits per heavy atom. The molecule has 4 aromatic rings. The Kier molecular flexibility index (Phi) is 7.43. The molecule has 0 amide bonds. The molecule has 0 aliphatic rings. The minimum atomic E-state index is 0.500. The van der Waals surface area contributed by atoms with E-state index in [0.717, 1.165) is 16.8 Å². The molecular weight excluding hydrogens is 440 g/mol. The first kappa shape index (κ1) is 22.9. The van der Waals surface area contributed by atoms with Crippen molar-refractivity contribution >= 4 is 35.0 Å². The van der Waals surface area contributed by atoms with E-state index >= 15 is 0 Å². The van der Waals surface area contributed by atoms with Gasteiger partial charge in [0.2, 0.25) is 0 Å². The van der Waals surface area contributed by atoms with Crippen LogP contribution < -0.4 is 4.80 Å². The zero-order valence-electron chi connectivity index (χ0n) is 19.0. The lowest BCUT2D eigenvalue weighted by atomic mass is 10.2. The number of hydrogen-bond donors (Lipinski definition) is 0. The van der Waals surface area contributed by atoms with Gasteiger partial charge in [-0.25, -0.2) is 15.0 Å². The lowest BCUT2D eigenvalue weighted by molar-refractivity contribution is 0.641. The van der Waals surface area contributed by atoms with Gasteiger partial charge in [0, 0.05) is 19.7 Å². The summed E-state index contributed by atoms with van der Waals surface area (Å²) in [7, 11) is 3.80. The van der Waals surface area contributed by atoms with Gasteiger partial charge in [-0.3, -0.25) is 4.57 Å². The number of aliphatic imine (C=N–C) groups is 2. The Hall–Kier alpha value is -4.28. The lowest BCUT2D eigenvalue weighted by Gasteiger charge is -2.08. The second-order valence-electron chi connectivity index (χ2n) is 7.68. The van der Waals surface area contributed by atoms with Crippen LogP contribution in [0.1, 0.15) is 16.0 Å². The summed E-state index contributed by atoms with van der Waals surface area (Å²) in [4.78, 5) is 17.4. The van der Waals surface area contributed by atoms with E-state index in [-0.39, 0.29) is 0 Å². The van der Waals surface area contributed by atoms with Gasteiger partial charge in [-0.2, -0.15) is 5.26 Å². The monoisotopic (exact) mass is 464 g/mol. The van der Waals surface area contributed by atoms with Crippen LogP contribution in [0, 0.1) is 11.3 Å². The average molecular weight is 465 g/mol. The quantitative estimate of drug-likeness (QED) is 0.284. The number of aromatic nitrogens is 1. The highest BCUT2D eigenvalue weighted by molar-refractivity contribution is 7.10. The molecule has 1 aromatic heterocycles. The minimum absolute atomic E-state index is 0.500. The normalized spacial score (nSPS) is 12.1. The molecule has 34 heavy (non-hydrogen) atoms. The zero-order chi connectivity index (χ0) is 23.8. The fourth-order valence-corrected chi connectivity index (χ4v) is 4.10. The number of benzene rings is 3. The van der Waals surface area contributed by atoms with Crippen molar-refractivity contribution in [2.75, 3.05) is 14.1 Å². The van der Waals surface area contributed by atoms with E-state index in [0.29, 0.717) is 27.9 Å². The maximum atomic E-state index is 9.86. The van der Waals surface area contributed by atoms with Crippen LogP contribution >= 0.6 is 11.3 Å². The topological polar surface area (TPSA) is 69.0 Å². The summed E-state index contributed by atoms with van der Waals surface area (Å²) < 4.78 is 1.97. The van der Waals surface area contributed by atoms with Crippen molar-refractivity contribution in [1.29, 1.82) is 5.26 Å². The molecule has 168 valence electrons. The summed E-state index contributed by atoms with van der Waals surface area (Å²) in [6.45, 7) is 0.533. The van der Waals surface area contributed by atoms with Gasteiger partial charge in [0.25, 0.3) is 0 Å². The third kappa shape index (κ3) is 5.74. The van der Waals surface area contributed by atoms with Crippen LogP contribution in [-0.2, 0) is 6.54 Å². The van der Waals surface area contributed by atoms with E-state index in [9.17, 15) is 5.26 Å². The van der Waals surface area contributed by atoms with Crippen LogP contribution in [0.25, 0.3) is 0 Å². The molecule has 0 atom stereocenters. The van der Waals surface area contributed by atoms with Crippen LogP contribution in [-0.4, -0.2) is 35.7 Å². The van der Waals surface area contributed by atoms with Crippen molar-refractivity contribution in [3.05, 3.63) is 112 Å². The standard InChI is InChI=1S/C27H24N6S/c1-32(2)20-29-26-24(18-28)34-27(33(26)19-21-12-6-3-7-13-21)31-25(22-14-8-4-9-15-22)30-23-16-10-5-11-17-23/h3-17,20H,19H2,1-2H3. The first-order valence-corrected chi connectivity index (χ1v) is 11.6. The van der Waals surface area contributed by atoms with E-state index in [1.54, 1.807) is 6.34 Å². The summed E-state index contributed by atoms with van der Waals surface area (Å²) in [6, 6.07) is 32.0. The fraction of sp³-hybridized carbons (Fsp3) is 0.111. The Labute approximate surface area is 203 Å². The Balaban J connectivity index is 1.94. The first-order valence-electron chi connectivity index (χ1n) is 10.8. The molecular formula is C27H24N6S. The number of nitriles is 1. The molecule has 0 aliphatic carbocycles. The molecule has 0 bridgehead atoms. The van der Waals surface area contributed by atoms with Crippen molar-refractivity contribution < 1.29 is 0 Å². The number of nitrogens with zero attached hydrogens (tertiary/aromatic N) is 6. The van der Waals surface area contributed by atoms with Gasteiger partial charge < -0.3 is 4.90 Å². The molecule has 1 heterocycles. The number of thiazole rings is 1. The van der Waals surface area contributed by atoms with Crippen LogP contribution in [0.3, 0.4) is 0 Å². The average Bonchev–Trinajstić information content (AvgIpc) is 3.20. The van der Waals surface area contributed by atoms with E-state index < -0.39 is 0 Å². The lowest BCUT2D eigenvalue weighted by Crippen LogP contribution is -2.18. The van der Waals surface area contributed by atoms with Crippen LogP contribution in [0.2, 0.25) is 0 Å². The highest BCUT2D eigenvalue weighted by Crippen LogP contribution is 2.23. The molecule has 4 rings (SSSR count). The highest BCUT2D eigenvalue weighted by atomic mass is 32.1. The maximum Gasteiger partial charge on any atom is 0.194 e. The highest BCUT2D eigenvalue weighted by Gasteiger charge is 2.15. The zero-order valence-corrected chi connectivity index (χ0v) is 19.9. The van der Waals surface area contributed by atoms with Gasteiger partial charge in [0.05, 0.1) is 18.6 Å². The van der Waals surface area contributed by atoms with E-state index in [1.165, 1.54) is 11.3 Å². The predicted octanol–water partition coefficient (Wildman–Crippen LogP) is 5.37. The molecule has 0 fully saturated rings. The number of amidine groups is 1. The Bertz CT molecular complexity index is 1390. The van der Waals surface area contributed by atoms with Crippen molar-refractivity contribution in [2.45, 2.75) is 6.54 Å². The first-order chi connectivity index (χ1) is 16.6. The summed E-state index contributed by atoms with van der Waals surface area (Å²) in [5.41, 5.74) is 2.79. The Morgan fingerprint density at radius 3 is 2.18 bits per heavy atom. The molecule has 0 spiro atoms. The molecule has 0 aliphatic heterocycles. The Morgan fingerprint density at radius 2 is 1.56 bits per heavy atom. The molecule has 6 nitrogen and oxygen atoms in total. The summed E-state index contributed by atoms with van der Waals surface area (Å²) >= 11 is 1.31. The smallest absolute Gasteiger partial charge is 0.194 e. The van der Waals surface area contributed by atoms with Crippen molar-refractivity contribution in [2.24, 2.45) is 15.0 Å². The second kappa shape index (κ2) is 11.0. The molecule has 0 unspecified atom stereocenters. The van der Waals surface area contributed by atoms with Crippen molar-refractivity contribution in [1.82, 2.24) is 9.47 Å². The van der Waals surface area contributed by atoms with Crippen molar-refractivity contribution in [3.8, 4) is 6.07 Å². The largest absolute Gasteiger partial charge is 0.369 e. The fourth-order valence-electron chi connectivity index (χ4n) is 3.22. The summed E-state index contributed by atoms with van der Waals surface area (Å²) in [6.07, 6.45) is 1.70. The van der Waals surface area contributed by atoms with E-state index in [4.69, 9.17) is 9.98 Å². The molecule has 3 aromatic carbocycles. The molecule has 0 saturated heterocycles. The maximum absolute atomic E-state index is 9.86. The number of para-hydroxylation sites is 1. The van der Waals surface area contributed by atoms with Crippen LogP contribution in [0.5, 0.6) is 0 Å². The van der Waals surface area contributed by atoms with Gasteiger partial charge in [0.1, 0.15) is 6.07 Å². The third-order valence-corrected chi connectivity index (χ3v) is 5.78. The van der Waals surface area contributed by atoms with Crippen LogP contribution in [0.15, 0.2) is 106 Å². The van der Waals surface area contributed by atoms with Gasteiger partial charge in [-0.15, -0.1) is 0 Å². The molecule has 0 radical (unpaired) electrons. The minimum Gasteiger partial charge on any atom is -0.369 e. The molecule has 7 heteroatoms. The van der Waals surface area contributed by atoms with Crippen LogP contribution in [0.4, 0.5) is 11.5 Å².